The average Bonchev–Trinajstić information content (AvgIpc) is 2.63. The van der Waals surface area contributed by atoms with Gasteiger partial charge in [-0.3, -0.25) is 9.89 Å². The molecule has 0 saturated heterocycles. The Bertz CT molecular complexity index is 604. The summed E-state index contributed by atoms with van der Waals surface area (Å²) in [6.07, 6.45) is 0. The molecule has 1 aromatic carbocycles. The Hall–Kier alpha value is -1.81. The minimum Gasteiger partial charge on any atom is -0.320 e. The lowest BCUT2D eigenvalue weighted by atomic mass is 10.1. The fourth-order valence-corrected chi connectivity index (χ4v) is 2.50. The van der Waals surface area contributed by atoms with Crippen LogP contribution in [0.2, 0.25) is 5.02 Å². The van der Waals surface area contributed by atoms with Crippen molar-refractivity contribution in [1.82, 2.24) is 10.2 Å². The number of carbonyl (C=O) groups is 1. The lowest BCUT2D eigenvalue weighted by Crippen LogP contribution is -2.15. The van der Waals surface area contributed by atoms with Crippen molar-refractivity contribution in [2.24, 2.45) is 0 Å². The quantitative estimate of drug-likeness (QED) is 0.882. The number of nitrogens with one attached hydrogen (secondary N) is 2. The zero-order valence-electron chi connectivity index (χ0n) is 11.4. The van der Waals surface area contributed by atoms with E-state index in [4.69, 9.17) is 11.6 Å². The van der Waals surface area contributed by atoms with Gasteiger partial charge in [0.15, 0.2) is 0 Å². The van der Waals surface area contributed by atoms with E-state index in [1.165, 1.54) is 0 Å². The summed E-state index contributed by atoms with van der Waals surface area (Å²) in [5.74, 6) is -0.197. The van der Waals surface area contributed by atoms with Crippen LogP contribution in [0.1, 0.15) is 32.9 Å². The Balaban J connectivity index is 2.35. The number of carbonyl (C=O) groups excluding carboxylic acids is 1. The molecule has 0 radical (unpaired) electrons. The number of nitrogens with zero attached hydrogens (tertiary/aromatic N) is 1. The Morgan fingerprint density at radius 2 is 1.95 bits per heavy atom. The summed E-state index contributed by atoms with van der Waals surface area (Å²) in [7, 11) is 0. The lowest BCUT2D eigenvalue weighted by Gasteiger charge is -2.11. The number of H-pyrrole nitrogens is 1. The van der Waals surface area contributed by atoms with Gasteiger partial charge in [-0.05, 0) is 44.9 Å². The molecule has 0 unspecified atom stereocenters. The van der Waals surface area contributed by atoms with Crippen molar-refractivity contribution in [2.75, 3.05) is 5.32 Å². The summed E-state index contributed by atoms with van der Waals surface area (Å²) < 4.78 is 0. The maximum absolute atomic E-state index is 12.3. The number of aromatic amines is 1. The van der Waals surface area contributed by atoms with Gasteiger partial charge in [-0.25, -0.2) is 0 Å². The third kappa shape index (κ3) is 2.63. The lowest BCUT2D eigenvalue weighted by molar-refractivity contribution is 0.102. The maximum Gasteiger partial charge on any atom is 0.259 e. The molecule has 0 aliphatic carbocycles. The van der Waals surface area contributed by atoms with Gasteiger partial charge in [0.05, 0.1) is 22.0 Å². The van der Waals surface area contributed by atoms with Crippen molar-refractivity contribution in [3.8, 4) is 0 Å². The molecule has 0 atom stereocenters. The minimum absolute atomic E-state index is 0.197. The SMILES string of the molecule is Cc1cc(C)c(NC(=O)c2c(C)n[nH]c2C)c(Cl)c1. The molecule has 2 rings (SSSR count). The summed E-state index contributed by atoms with van der Waals surface area (Å²) in [4.78, 5) is 12.3. The molecule has 1 amide bonds. The molecule has 0 spiro atoms. The van der Waals surface area contributed by atoms with E-state index in [0.29, 0.717) is 22.0 Å². The highest BCUT2D eigenvalue weighted by Crippen LogP contribution is 2.28. The average molecular weight is 278 g/mol. The van der Waals surface area contributed by atoms with Crippen molar-refractivity contribution < 1.29 is 4.79 Å². The molecule has 0 bridgehead atoms. The number of benzene rings is 1. The molecular weight excluding hydrogens is 262 g/mol. The first-order chi connectivity index (χ1) is 8.90. The Morgan fingerprint density at radius 3 is 2.47 bits per heavy atom. The first-order valence-electron chi connectivity index (χ1n) is 6.00. The van der Waals surface area contributed by atoms with Gasteiger partial charge in [0.1, 0.15) is 0 Å². The molecule has 100 valence electrons. The van der Waals surface area contributed by atoms with Crippen molar-refractivity contribution in [1.29, 1.82) is 0 Å². The number of halogens is 1. The number of rotatable bonds is 2. The highest BCUT2D eigenvalue weighted by Gasteiger charge is 2.17. The van der Waals surface area contributed by atoms with Crippen LogP contribution in [-0.4, -0.2) is 16.1 Å². The second-order valence-corrected chi connectivity index (χ2v) is 5.11. The van der Waals surface area contributed by atoms with Crippen LogP contribution in [0, 0.1) is 27.7 Å². The molecule has 0 aliphatic rings. The van der Waals surface area contributed by atoms with Gasteiger partial charge < -0.3 is 5.32 Å². The van der Waals surface area contributed by atoms with E-state index in [-0.39, 0.29) is 5.91 Å². The van der Waals surface area contributed by atoms with Crippen molar-refractivity contribution >= 4 is 23.2 Å². The van der Waals surface area contributed by atoms with E-state index in [1.54, 1.807) is 6.92 Å². The highest BCUT2D eigenvalue weighted by atomic mass is 35.5. The van der Waals surface area contributed by atoms with Crippen LogP contribution in [0.4, 0.5) is 5.69 Å². The minimum atomic E-state index is -0.197. The fourth-order valence-electron chi connectivity index (χ4n) is 2.14. The molecule has 1 heterocycles. The molecular formula is C14H16ClN3O. The summed E-state index contributed by atoms with van der Waals surface area (Å²) in [6.45, 7) is 7.50. The van der Waals surface area contributed by atoms with Crippen molar-refractivity contribution in [3.05, 3.63) is 45.2 Å². The van der Waals surface area contributed by atoms with Gasteiger partial charge >= 0.3 is 0 Å². The molecule has 4 nitrogen and oxygen atoms in total. The van der Waals surface area contributed by atoms with E-state index < -0.39 is 0 Å². The topological polar surface area (TPSA) is 57.8 Å². The maximum atomic E-state index is 12.3. The number of hydrogen-bond acceptors (Lipinski definition) is 2. The molecule has 1 aromatic heterocycles. The molecule has 0 fully saturated rings. The number of aromatic nitrogens is 2. The second-order valence-electron chi connectivity index (χ2n) is 4.70. The zero-order valence-corrected chi connectivity index (χ0v) is 12.1. The van der Waals surface area contributed by atoms with E-state index in [9.17, 15) is 4.79 Å². The monoisotopic (exact) mass is 277 g/mol. The van der Waals surface area contributed by atoms with Gasteiger partial charge in [0.2, 0.25) is 0 Å². The number of amides is 1. The van der Waals surface area contributed by atoms with E-state index in [0.717, 1.165) is 16.8 Å². The Labute approximate surface area is 117 Å². The molecule has 0 saturated carbocycles. The molecule has 5 heteroatoms. The molecule has 2 aromatic rings. The van der Waals surface area contributed by atoms with Gasteiger partial charge in [0.25, 0.3) is 5.91 Å². The van der Waals surface area contributed by atoms with Crippen molar-refractivity contribution in [2.45, 2.75) is 27.7 Å². The van der Waals surface area contributed by atoms with Gasteiger partial charge in [0, 0.05) is 5.69 Å². The van der Waals surface area contributed by atoms with Crippen LogP contribution < -0.4 is 5.32 Å². The summed E-state index contributed by atoms with van der Waals surface area (Å²) >= 11 is 6.18. The van der Waals surface area contributed by atoms with Gasteiger partial charge in [-0.1, -0.05) is 17.7 Å². The van der Waals surface area contributed by atoms with Gasteiger partial charge in [-0.15, -0.1) is 0 Å². The molecule has 19 heavy (non-hydrogen) atoms. The van der Waals surface area contributed by atoms with Crippen LogP contribution in [-0.2, 0) is 0 Å². The molecule has 2 N–H and O–H groups in total. The van der Waals surface area contributed by atoms with Crippen LogP contribution in [0.15, 0.2) is 12.1 Å². The van der Waals surface area contributed by atoms with Crippen LogP contribution >= 0.6 is 11.6 Å². The fraction of sp³-hybridized carbons (Fsp3) is 0.286. The summed E-state index contributed by atoms with van der Waals surface area (Å²) in [6, 6.07) is 3.82. The predicted octanol–water partition coefficient (Wildman–Crippen LogP) is 3.55. The first-order valence-corrected chi connectivity index (χ1v) is 6.37. The summed E-state index contributed by atoms with van der Waals surface area (Å²) in [5.41, 5.74) is 4.65. The van der Waals surface area contributed by atoms with Crippen LogP contribution in [0.25, 0.3) is 0 Å². The standard InChI is InChI=1S/C14H16ClN3O/c1-7-5-8(2)13(11(15)6-7)16-14(19)12-9(3)17-18-10(12)4/h5-6H,1-4H3,(H,16,19)(H,17,18). The largest absolute Gasteiger partial charge is 0.320 e. The van der Waals surface area contributed by atoms with Crippen molar-refractivity contribution in [3.63, 3.8) is 0 Å². The van der Waals surface area contributed by atoms with Gasteiger partial charge in [-0.2, -0.15) is 5.10 Å². The predicted molar refractivity (Wildman–Crippen MR) is 76.9 cm³/mol. The first kappa shape index (κ1) is 13.6. The van der Waals surface area contributed by atoms with E-state index >= 15 is 0 Å². The Morgan fingerprint density at radius 1 is 1.26 bits per heavy atom. The van der Waals surface area contributed by atoms with Crippen LogP contribution in [0.5, 0.6) is 0 Å². The highest BCUT2D eigenvalue weighted by molar-refractivity contribution is 6.34. The normalized spacial score (nSPS) is 10.6. The van der Waals surface area contributed by atoms with E-state index in [1.807, 2.05) is 32.9 Å². The third-order valence-electron chi connectivity index (χ3n) is 3.03. The summed E-state index contributed by atoms with van der Waals surface area (Å²) in [5, 5.41) is 10.2. The van der Waals surface area contributed by atoms with Crippen LogP contribution in [0.3, 0.4) is 0 Å². The number of hydrogen-bond donors (Lipinski definition) is 2. The zero-order chi connectivity index (χ0) is 14.2. The van der Waals surface area contributed by atoms with E-state index in [2.05, 4.69) is 15.5 Å². The third-order valence-corrected chi connectivity index (χ3v) is 3.32. The number of anilines is 1. The second kappa shape index (κ2) is 5.05. The number of aryl methyl sites for hydroxylation is 4. The molecule has 0 aliphatic heterocycles. The Kier molecular flexibility index (Phi) is 3.62. The smallest absolute Gasteiger partial charge is 0.259 e.